The Kier molecular flexibility index (Phi) is 10.2. The number of nitrogens with one attached hydrogen (secondary N) is 2. The van der Waals surface area contributed by atoms with E-state index in [-0.39, 0.29) is 30.0 Å². The molecule has 1 aliphatic heterocycles. The molecule has 3 aromatic rings. The minimum atomic E-state index is -0.772. The van der Waals surface area contributed by atoms with Crippen molar-refractivity contribution in [1.29, 1.82) is 0 Å². The highest BCUT2D eigenvalue weighted by molar-refractivity contribution is 6.07. The van der Waals surface area contributed by atoms with E-state index < -0.39 is 11.9 Å². The normalized spacial score (nSPS) is 13.9. The molecule has 2 N–H and O–H groups in total. The van der Waals surface area contributed by atoms with Crippen LogP contribution in [0.15, 0.2) is 79.4 Å². The molecule has 8 nitrogen and oxygen atoms in total. The Labute approximate surface area is 239 Å². The third-order valence-corrected chi connectivity index (χ3v) is 7.19. The Morgan fingerprint density at radius 3 is 2.37 bits per heavy atom. The van der Waals surface area contributed by atoms with Crippen LogP contribution >= 0.6 is 0 Å². The van der Waals surface area contributed by atoms with E-state index in [0.717, 1.165) is 10.8 Å². The Morgan fingerprint density at radius 2 is 1.61 bits per heavy atom. The topological polar surface area (TPSA) is 98.8 Å². The van der Waals surface area contributed by atoms with Crippen LogP contribution in [0.4, 0.5) is 4.39 Å². The van der Waals surface area contributed by atoms with Crippen molar-refractivity contribution in [3.05, 3.63) is 96.3 Å². The first kappa shape index (κ1) is 29.5. The first-order valence-corrected chi connectivity index (χ1v) is 13.9. The summed E-state index contributed by atoms with van der Waals surface area (Å²) in [6.45, 7) is 5.31. The van der Waals surface area contributed by atoms with Crippen LogP contribution in [0.25, 0.3) is 10.8 Å². The van der Waals surface area contributed by atoms with Gasteiger partial charge < -0.3 is 20.4 Å². The second-order valence-corrected chi connectivity index (χ2v) is 10.1. The number of halogens is 1. The molecule has 1 atom stereocenters. The highest BCUT2D eigenvalue weighted by Gasteiger charge is 2.30. The van der Waals surface area contributed by atoms with Gasteiger partial charge in [0.1, 0.15) is 11.9 Å². The van der Waals surface area contributed by atoms with Crippen molar-refractivity contribution in [1.82, 2.24) is 20.4 Å². The van der Waals surface area contributed by atoms with Crippen LogP contribution < -0.4 is 10.6 Å². The van der Waals surface area contributed by atoms with Gasteiger partial charge in [-0.3, -0.25) is 19.2 Å². The van der Waals surface area contributed by atoms with Crippen molar-refractivity contribution in [2.24, 2.45) is 0 Å². The zero-order chi connectivity index (χ0) is 29.2. The molecule has 0 radical (unpaired) electrons. The summed E-state index contributed by atoms with van der Waals surface area (Å²) in [7, 11) is 0. The molecule has 0 saturated carbocycles. The standard InChI is InChI=1S/C32H35FN4O4/c1-2-29(38)34-16-6-5-15-28(35-30(39)22-23-9-7-12-25(33)21-23)32(41)37-19-17-36(18-20-37)31(40)27-14-8-11-24-10-3-4-13-26(24)27/h2-4,7-14,21,28H,1,5-6,15-20,22H2,(H,34,38)(H,35,39)/t28-/m0/s1. The highest BCUT2D eigenvalue weighted by Crippen LogP contribution is 2.21. The van der Waals surface area contributed by atoms with Crippen LogP contribution in [0.3, 0.4) is 0 Å². The Bertz CT molecular complexity index is 1410. The molecule has 4 rings (SSSR count). The number of unbranched alkanes of at least 4 members (excludes halogenated alkanes) is 1. The number of carbonyl (C=O) groups is 4. The second kappa shape index (κ2) is 14.2. The van der Waals surface area contributed by atoms with Gasteiger partial charge in [0.15, 0.2) is 0 Å². The Hall–Kier alpha value is -4.53. The molecule has 0 aliphatic carbocycles. The third kappa shape index (κ3) is 8.00. The van der Waals surface area contributed by atoms with Gasteiger partial charge in [-0.1, -0.05) is 55.1 Å². The maximum absolute atomic E-state index is 13.6. The molecule has 1 fully saturated rings. The van der Waals surface area contributed by atoms with Gasteiger partial charge in [-0.15, -0.1) is 0 Å². The number of fused-ring (bicyclic) bond motifs is 1. The number of nitrogens with zero attached hydrogens (tertiary/aromatic N) is 2. The fraction of sp³-hybridized carbons (Fsp3) is 0.312. The van der Waals surface area contributed by atoms with Gasteiger partial charge in [-0.25, -0.2) is 4.39 Å². The summed E-state index contributed by atoms with van der Waals surface area (Å²) in [5.74, 6) is -1.36. The number of amides is 4. The van der Waals surface area contributed by atoms with Crippen LogP contribution in [-0.4, -0.2) is 72.2 Å². The number of hydrogen-bond donors (Lipinski definition) is 2. The second-order valence-electron chi connectivity index (χ2n) is 10.1. The van der Waals surface area contributed by atoms with E-state index in [1.807, 2.05) is 42.5 Å². The van der Waals surface area contributed by atoms with Crippen molar-refractivity contribution in [2.45, 2.75) is 31.7 Å². The summed E-state index contributed by atoms with van der Waals surface area (Å²) in [5.41, 5.74) is 1.15. The van der Waals surface area contributed by atoms with Gasteiger partial charge in [-0.2, -0.15) is 0 Å². The maximum Gasteiger partial charge on any atom is 0.254 e. The van der Waals surface area contributed by atoms with E-state index in [1.54, 1.807) is 15.9 Å². The zero-order valence-corrected chi connectivity index (χ0v) is 23.0. The molecule has 0 aromatic heterocycles. The molecule has 4 amide bonds. The largest absolute Gasteiger partial charge is 0.353 e. The van der Waals surface area contributed by atoms with E-state index >= 15 is 0 Å². The van der Waals surface area contributed by atoms with Gasteiger partial charge in [0.25, 0.3) is 5.91 Å². The molecular weight excluding hydrogens is 523 g/mol. The van der Waals surface area contributed by atoms with Crippen LogP contribution in [0, 0.1) is 5.82 Å². The van der Waals surface area contributed by atoms with Crippen molar-refractivity contribution < 1.29 is 23.6 Å². The number of benzene rings is 3. The average Bonchev–Trinajstić information content (AvgIpc) is 2.99. The number of carbonyl (C=O) groups excluding carboxylic acids is 4. The fourth-order valence-electron chi connectivity index (χ4n) is 5.02. The summed E-state index contributed by atoms with van der Waals surface area (Å²) in [6, 6.07) is 18.4. The third-order valence-electron chi connectivity index (χ3n) is 7.19. The van der Waals surface area contributed by atoms with Crippen LogP contribution in [0.2, 0.25) is 0 Å². The van der Waals surface area contributed by atoms with Gasteiger partial charge in [0.2, 0.25) is 17.7 Å². The van der Waals surface area contributed by atoms with Crippen molar-refractivity contribution >= 4 is 34.4 Å². The lowest BCUT2D eigenvalue weighted by atomic mass is 10.0. The lowest BCUT2D eigenvalue weighted by molar-refractivity contribution is -0.137. The summed E-state index contributed by atoms with van der Waals surface area (Å²) in [5, 5.41) is 7.43. The minimum absolute atomic E-state index is 0.0513. The Morgan fingerprint density at radius 1 is 0.902 bits per heavy atom. The molecule has 214 valence electrons. The zero-order valence-electron chi connectivity index (χ0n) is 23.0. The predicted octanol–water partition coefficient (Wildman–Crippen LogP) is 3.46. The van der Waals surface area contributed by atoms with Gasteiger partial charge in [-0.05, 0) is 59.9 Å². The smallest absolute Gasteiger partial charge is 0.254 e. The lowest BCUT2D eigenvalue weighted by Gasteiger charge is -2.36. The van der Waals surface area contributed by atoms with Gasteiger partial charge in [0.05, 0.1) is 6.42 Å². The molecule has 3 aromatic carbocycles. The first-order valence-electron chi connectivity index (χ1n) is 13.9. The SMILES string of the molecule is C=CC(=O)NCCCC[C@H](NC(=O)Cc1cccc(F)c1)C(=O)N1CCN(C(=O)c2cccc3ccccc23)CC1. The monoisotopic (exact) mass is 558 g/mol. The van der Waals surface area contributed by atoms with Crippen molar-refractivity contribution in [2.75, 3.05) is 32.7 Å². The molecule has 0 unspecified atom stereocenters. The summed E-state index contributed by atoms with van der Waals surface area (Å²) < 4.78 is 13.6. The number of piperazine rings is 1. The van der Waals surface area contributed by atoms with E-state index in [2.05, 4.69) is 17.2 Å². The molecule has 1 heterocycles. The molecule has 1 saturated heterocycles. The number of hydrogen-bond acceptors (Lipinski definition) is 4. The quantitative estimate of drug-likeness (QED) is 0.278. The average molecular weight is 559 g/mol. The first-order chi connectivity index (χ1) is 19.9. The van der Waals surface area contributed by atoms with Crippen molar-refractivity contribution in [3.8, 4) is 0 Å². The maximum atomic E-state index is 13.6. The summed E-state index contributed by atoms with van der Waals surface area (Å²) in [6.07, 6.45) is 2.74. The highest BCUT2D eigenvalue weighted by atomic mass is 19.1. The van der Waals surface area contributed by atoms with Gasteiger partial charge >= 0.3 is 0 Å². The molecule has 41 heavy (non-hydrogen) atoms. The Balaban J connectivity index is 1.37. The molecule has 1 aliphatic rings. The van der Waals surface area contributed by atoms with E-state index in [4.69, 9.17) is 0 Å². The number of rotatable bonds is 11. The molecule has 0 bridgehead atoms. The predicted molar refractivity (Wildman–Crippen MR) is 156 cm³/mol. The van der Waals surface area contributed by atoms with E-state index in [0.29, 0.717) is 63.1 Å². The van der Waals surface area contributed by atoms with Crippen LogP contribution in [0.5, 0.6) is 0 Å². The minimum Gasteiger partial charge on any atom is -0.353 e. The van der Waals surface area contributed by atoms with E-state index in [1.165, 1.54) is 24.3 Å². The van der Waals surface area contributed by atoms with Crippen molar-refractivity contribution in [3.63, 3.8) is 0 Å². The van der Waals surface area contributed by atoms with Crippen LogP contribution in [-0.2, 0) is 20.8 Å². The summed E-state index contributed by atoms with van der Waals surface area (Å²) in [4.78, 5) is 54.5. The van der Waals surface area contributed by atoms with Gasteiger partial charge in [0, 0.05) is 38.3 Å². The van der Waals surface area contributed by atoms with Crippen LogP contribution in [0.1, 0.15) is 35.2 Å². The fourth-order valence-corrected chi connectivity index (χ4v) is 5.02. The molecule has 9 heteroatoms. The molecular formula is C32H35FN4O4. The molecule has 0 spiro atoms. The lowest BCUT2D eigenvalue weighted by Crippen LogP contribution is -2.56. The van der Waals surface area contributed by atoms with E-state index in [9.17, 15) is 23.6 Å². The summed E-state index contributed by atoms with van der Waals surface area (Å²) >= 11 is 0.